The van der Waals surface area contributed by atoms with Crippen molar-refractivity contribution in [2.24, 2.45) is 0 Å². The van der Waals surface area contributed by atoms with Gasteiger partial charge in [0.05, 0.1) is 43.5 Å². The van der Waals surface area contributed by atoms with E-state index in [1.54, 1.807) is 51.8 Å². The lowest BCUT2D eigenvalue weighted by atomic mass is 9.81. The van der Waals surface area contributed by atoms with Crippen LogP contribution in [0.1, 0.15) is 42.3 Å². The summed E-state index contributed by atoms with van der Waals surface area (Å²) >= 11 is 2.16. The Hall–Kier alpha value is -7.65. The van der Waals surface area contributed by atoms with Crippen LogP contribution in [0.25, 0.3) is 54.9 Å². The summed E-state index contributed by atoms with van der Waals surface area (Å²) < 4.78 is 32.2. The quantitative estimate of drug-likeness (QED) is 0.0489. The van der Waals surface area contributed by atoms with Gasteiger partial charge in [0.1, 0.15) is 22.6 Å². The van der Waals surface area contributed by atoms with Crippen LogP contribution in [0.5, 0.6) is 11.8 Å². The number of carbonyl (C=O) groups is 2. The first-order chi connectivity index (χ1) is 30.6. The molecule has 2 aromatic carbocycles. The fourth-order valence-electron chi connectivity index (χ4n) is 6.10. The molecule has 0 aliphatic heterocycles. The van der Waals surface area contributed by atoms with Gasteiger partial charge in [0.15, 0.2) is 0 Å². The van der Waals surface area contributed by atoms with E-state index in [2.05, 4.69) is 95.8 Å². The summed E-state index contributed by atoms with van der Waals surface area (Å²) in [4.78, 5) is 38.7. The van der Waals surface area contributed by atoms with Crippen molar-refractivity contribution >= 4 is 90.9 Å². The molecule has 8 aromatic rings. The number of nitrogens with one attached hydrogen (secondary N) is 2. The number of aromatic nitrogens is 4. The van der Waals surface area contributed by atoms with Crippen molar-refractivity contribution < 1.29 is 47.4 Å². The molecule has 0 bridgehead atoms. The molecule has 0 fully saturated rings. The number of furan rings is 2. The lowest BCUT2D eigenvalue weighted by Crippen LogP contribution is -2.31. The monoisotopic (exact) mass is 972 g/mol. The van der Waals surface area contributed by atoms with Crippen LogP contribution in [0.3, 0.4) is 0 Å². The van der Waals surface area contributed by atoms with Gasteiger partial charge in [0.25, 0.3) is 0 Å². The number of pyridine rings is 2. The highest BCUT2D eigenvalue weighted by Crippen LogP contribution is 2.41. The van der Waals surface area contributed by atoms with Crippen molar-refractivity contribution in [3.63, 3.8) is 0 Å². The van der Waals surface area contributed by atoms with Crippen LogP contribution in [0.2, 0.25) is 0 Å². The Kier molecular flexibility index (Phi) is 18.5. The van der Waals surface area contributed by atoms with Crippen LogP contribution in [-0.2, 0) is 9.47 Å². The molecule has 16 heteroatoms. The molecule has 14 nitrogen and oxygen atoms in total. The highest BCUT2D eigenvalue weighted by molar-refractivity contribution is 14.1. The Morgan fingerprint density at radius 1 is 0.719 bits per heavy atom. The Morgan fingerprint density at radius 2 is 1.22 bits per heavy atom. The van der Waals surface area contributed by atoms with Crippen molar-refractivity contribution in [2.75, 3.05) is 27.4 Å². The van der Waals surface area contributed by atoms with Gasteiger partial charge in [0, 0.05) is 61.6 Å². The van der Waals surface area contributed by atoms with E-state index < -0.39 is 13.1 Å². The summed E-state index contributed by atoms with van der Waals surface area (Å²) in [6, 6.07) is 18.2. The number of nitrogens with zero attached hydrogens (tertiary/aromatic N) is 2. The fourth-order valence-corrected chi connectivity index (χ4v) is 7.04. The van der Waals surface area contributed by atoms with Gasteiger partial charge in [-0.3, -0.25) is 0 Å². The number of benzene rings is 2. The molecule has 0 radical (unpaired) electrons. The van der Waals surface area contributed by atoms with Gasteiger partial charge in [-0.15, -0.1) is 0 Å². The summed E-state index contributed by atoms with van der Waals surface area (Å²) in [5.74, 6) is -0.0667. The molecule has 0 unspecified atom stereocenters. The molecule has 6 heterocycles. The second-order valence-electron chi connectivity index (χ2n) is 12.3. The van der Waals surface area contributed by atoms with Gasteiger partial charge >= 0.3 is 19.1 Å². The highest BCUT2D eigenvalue weighted by atomic mass is 127. The van der Waals surface area contributed by atoms with Crippen LogP contribution in [0.15, 0.2) is 148 Å². The summed E-state index contributed by atoms with van der Waals surface area (Å²) in [5, 5.41) is 21.3. The average molecular weight is 973 g/mol. The van der Waals surface area contributed by atoms with Crippen LogP contribution in [0, 0.1) is 3.57 Å². The van der Waals surface area contributed by atoms with E-state index in [1.165, 1.54) is 19.4 Å². The third-order valence-corrected chi connectivity index (χ3v) is 9.70. The minimum Gasteiger partial charge on any atom is -0.481 e. The largest absolute Gasteiger partial charge is 0.493 e. The third kappa shape index (κ3) is 11.4. The Morgan fingerprint density at radius 3 is 1.75 bits per heavy atom. The van der Waals surface area contributed by atoms with E-state index in [1.807, 2.05) is 42.5 Å². The predicted octanol–water partition coefficient (Wildman–Crippen LogP) is 9.15. The summed E-state index contributed by atoms with van der Waals surface area (Å²) in [7, 11) is 1.45. The van der Waals surface area contributed by atoms with E-state index in [4.69, 9.17) is 37.8 Å². The molecule has 0 aliphatic rings. The predicted molar refractivity (Wildman–Crippen MR) is 254 cm³/mol. The van der Waals surface area contributed by atoms with Crippen LogP contribution in [0.4, 0.5) is 0 Å². The number of halogens is 1. The number of rotatable bonds is 8. The molecule has 6 aromatic heterocycles. The zero-order chi connectivity index (χ0) is 45.3. The Labute approximate surface area is 381 Å². The lowest BCUT2D eigenvalue weighted by Gasteiger charge is -2.09. The Bertz CT molecular complexity index is 3140. The van der Waals surface area contributed by atoms with Crippen molar-refractivity contribution in [3.05, 3.63) is 154 Å². The number of esters is 2. The van der Waals surface area contributed by atoms with Crippen LogP contribution >= 0.6 is 22.6 Å². The zero-order valence-electron chi connectivity index (χ0n) is 34.4. The second-order valence-corrected chi connectivity index (χ2v) is 13.4. The third-order valence-electron chi connectivity index (χ3n) is 8.62. The topological polar surface area (TPSA) is 195 Å². The lowest BCUT2D eigenvalue weighted by molar-refractivity contribution is 0.0511. The van der Waals surface area contributed by atoms with Crippen molar-refractivity contribution in [3.8, 4) is 22.9 Å². The van der Waals surface area contributed by atoms with Crippen molar-refractivity contribution in [1.29, 1.82) is 0 Å². The molecular weight excluding hydrogens is 930 g/mol. The van der Waals surface area contributed by atoms with Crippen LogP contribution in [-0.4, -0.2) is 76.5 Å². The van der Waals surface area contributed by atoms with E-state index >= 15 is 0 Å². The molecule has 324 valence electrons. The smallest absolute Gasteiger partial charge is 0.481 e. The van der Waals surface area contributed by atoms with E-state index in [-0.39, 0.29) is 24.7 Å². The van der Waals surface area contributed by atoms with Gasteiger partial charge < -0.3 is 47.8 Å². The molecule has 0 saturated carbocycles. The first kappa shape index (κ1) is 49.0. The number of methoxy groups -OCH3 is 2. The van der Waals surface area contributed by atoms with E-state index in [0.29, 0.717) is 41.6 Å². The molecule has 0 atom stereocenters. The van der Waals surface area contributed by atoms with E-state index in [0.717, 1.165) is 47.3 Å². The molecule has 0 saturated heterocycles. The standard InChI is InChI=1S/C19H16N2O4.C13H10INO3.C9H4.C6H8BNO3.CH4/c1-3-24-19(22)17-16(12-5-4-9-20-18(12)23-2)15-11-8-10-25-14(11)7-6-13(15)21-17;1-2-17-13(16)12-11(14)10-7-5-6-18-9(7)4-3-8(10)15-12;1-3-5-7-9-8-6-4-2;1-11-6-5(7(9)10)3-2-4-8-6;/h4-10,21H,3H2,1-2H3;3-6,15H,2H2,1H3;1-2H2;2-4,9-10H,1H3;1H4. The number of hydrogen-bond acceptors (Lipinski definition) is 12. The fraction of sp³-hybridized carbons (Fsp3) is 0.146. The number of ether oxygens (including phenoxy) is 4. The summed E-state index contributed by atoms with van der Waals surface area (Å²) in [6.07, 6.45) is 6.45. The maximum absolute atomic E-state index is 12.5. The molecular formula is C48H42BIN4O10. The van der Waals surface area contributed by atoms with Gasteiger partial charge in [-0.1, -0.05) is 25.0 Å². The molecule has 8 rings (SSSR count). The molecule has 4 N–H and O–H groups in total. The van der Waals surface area contributed by atoms with Crippen LogP contribution < -0.4 is 14.9 Å². The maximum atomic E-state index is 12.5. The number of aromatic amines is 2. The maximum Gasteiger partial charge on any atom is 0.493 e. The number of H-pyrrole nitrogens is 2. The number of hydrogen-bond donors (Lipinski definition) is 4. The minimum atomic E-state index is -1.53. The molecule has 0 aliphatic carbocycles. The zero-order valence-corrected chi connectivity index (χ0v) is 36.6. The van der Waals surface area contributed by atoms with Crippen molar-refractivity contribution in [2.45, 2.75) is 21.3 Å². The first-order valence-electron chi connectivity index (χ1n) is 18.8. The van der Waals surface area contributed by atoms with Gasteiger partial charge in [-0.2, -0.15) is 0 Å². The normalized spacial score (nSPS) is 9.61. The molecule has 64 heavy (non-hydrogen) atoms. The number of fused-ring (bicyclic) bond motifs is 6. The van der Waals surface area contributed by atoms with Gasteiger partial charge in [-0.25, -0.2) is 19.6 Å². The van der Waals surface area contributed by atoms with Gasteiger partial charge in [0.2, 0.25) is 11.8 Å². The number of carbonyl (C=O) groups excluding carboxylic acids is 2. The molecule has 0 amide bonds. The van der Waals surface area contributed by atoms with E-state index in [9.17, 15) is 9.59 Å². The second kappa shape index (κ2) is 24.1. The molecule has 0 spiro atoms. The van der Waals surface area contributed by atoms with Gasteiger partial charge in [-0.05, 0) is 133 Å². The highest BCUT2D eigenvalue weighted by Gasteiger charge is 2.25. The Balaban J connectivity index is 0.000000202. The minimum absolute atomic E-state index is 0. The summed E-state index contributed by atoms with van der Waals surface area (Å²) in [6.45, 7) is 10.8. The summed E-state index contributed by atoms with van der Waals surface area (Å²) in [5.41, 5.74) is 22.8. The SMILES string of the molecule is C.C=C=C=C=C=C=C=C=C.CCOC(=O)c1[nH]c2ccc3occc3c2c1-c1cccnc1OC.CCOC(=O)c1[nH]c2ccc3occc3c2c1I.COc1ncccc1B(O)O. The first-order valence-corrected chi connectivity index (χ1v) is 19.9. The average Bonchev–Trinajstić information content (AvgIpc) is 4.12. The van der Waals surface area contributed by atoms with Crippen molar-refractivity contribution in [1.82, 2.24) is 19.9 Å².